The normalized spacial score (nSPS) is 25.6. The molecule has 0 spiro atoms. The van der Waals surface area contributed by atoms with E-state index in [2.05, 4.69) is 65.5 Å². The van der Waals surface area contributed by atoms with Crippen LogP contribution in [0.4, 0.5) is 0 Å². The third-order valence-electron chi connectivity index (χ3n) is 4.54. The van der Waals surface area contributed by atoms with Crippen molar-refractivity contribution in [3.63, 3.8) is 0 Å². The summed E-state index contributed by atoms with van der Waals surface area (Å²) < 4.78 is 8.02. The van der Waals surface area contributed by atoms with E-state index in [1.807, 2.05) is 10.7 Å². The van der Waals surface area contributed by atoms with Gasteiger partial charge in [-0.15, -0.1) is 5.10 Å². The quantitative estimate of drug-likeness (QED) is 0.848. The fraction of sp³-hybridized carbons (Fsp3) is 0.588. The lowest BCUT2D eigenvalue weighted by molar-refractivity contribution is -0.100. The first kappa shape index (κ1) is 16.1. The number of nitrogens with zero attached hydrogens (tertiary/aromatic N) is 5. The van der Waals surface area contributed by atoms with Crippen LogP contribution in [0.5, 0.6) is 0 Å². The lowest BCUT2D eigenvalue weighted by Gasteiger charge is -2.43. The van der Waals surface area contributed by atoms with Crippen LogP contribution in [0.3, 0.4) is 0 Å². The maximum absolute atomic E-state index is 6.12. The molecule has 0 aliphatic carbocycles. The molecule has 0 N–H and O–H groups in total. The van der Waals surface area contributed by atoms with Crippen molar-refractivity contribution in [2.45, 2.75) is 58.5 Å². The second-order valence-electron chi connectivity index (χ2n) is 6.24. The Hall–Kier alpha value is -1.79. The first-order valence-corrected chi connectivity index (χ1v) is 8.38. The van der Waals surface area contributed by atoms with E-state index in [1.54, 1.807) is 0 Å². The number of morpholine rings is 1. The minimum atomic E-state index is 0.0860. The minimum absolute atomic E-state index is 0.0860. The van der Waals surface area contributed by atoms with E-state index in [9.17, 15) is 0 Å². The molecule has 1 aliphatic heterocycles. The SMILES string of the molecule is CCCn1nnnc1CN1[C@H](C)CO[C@@H](c2ccccc2)[C@H]1C. The molecule has 0 radical (unpaired) electrons. The zero-order chi connectivity index (χ0) is 16.2. The van der Waals surface area contributed by atoms with Crippen molar-refractivity contribution >= 4 is 0 Å². The van der Waals surface area contributed by atoms with Gasteiger partial charge in [-0.25, -0.2) is 4.68 Å². The van der Waals surface area contributed by atoms with Crippen molar-refractivity contribution in [2.24, 2.45) is 0 Å². The van der Waals surface area contributed by atoms with Gasteiger partial charge in [-0.1, -0.05) is 37.3 Å². The van der Waals surface area contributed by atoms with Crippen molar-refractivity contribution in [1.29, 1.82) is 0 Å². The Balaban J connectivity index is 1.78. The number of hydrogen-bond donors (Lipinski definition) is 0. The van der Waals surface area contributed by atoms with Gasteiger partial charge in [-0.05, 0) is 36.3 Å². The van der Waals surface area contributed by atoms with Gasteiger partial charge in [0, 0.05) is 18.6 Å². The van der Waals surface area contributed by atoms with Crippen LogP contribution >= 0.6 is 0 Å². The summed E-state index contributed by atoms with van der Waals surface area (Å²) in [4.78, 5) is 2.44. The van der Waals surface area contributed by atoms with Gasteiger partial charge in [0.25, 0.3) is 0 Å². The van der Waals surface area contributed by atoms with Gasteiger partial charge in [0.2, 0.25) is 0 Å². The summed E-state index contributed by atoms with van der Waals surface area (Å²) in [6.45, 7) is 8.89. The van der Waals surface area contributed by atoms with Crippen LogP contribution in [0.1, 0.15) is 44.7 Å². The maximum Gasteiger partial charge on any atom is 0.165 e. The summed E-state index contributed by atoms with van der Waals surface area (Å²) in [5, 5.41) is 12.1. The number of aromatic nitrogens is 4. The molecule has 23 heavy (non-hydrogen) atoms. The molecule has 1 aromatic heterocycles. The zero-order valence-corrected chi connectivity index (χ0v) is 14.1. The van der Waals surface area contributed by atoms with E-state index in [-0.39, 0.29) is 12.1 Å². The Morgan fingerprint density at radius 1 is 1.22 bits per heavy atom. The first-order chi connectivity index (χ1) is 11.2. The van der Waals surface area contributed by atoms with E-state index >= 15 is 0 Å². The molecule has 1 fully saturated rings. The lowest BCUT2D eigenvalue weighted by atomic mass is 9.98. The van der Waals surface area contributed by atoms with Crippen LogP contribution in [0.25, 0.3) is 0 Å². The molecular weight excluding hydrogens is 290 g/mol. The third-order valence-corrected chi connectivity index (χ3v) is 4.54. The third kappa shape index (κ3) is 3.43. The Morgan fingerprint density at radius 2 is 2.00 bits per heavy atom. The van der Waals surface area contributed by atoms with Crippen molar-refractivity contribution in [3.8, 4) is 0 Å². The molecule has 1 saturated heterocycles. The van der Waals surface area contributed by atoms with E-state index in [0.29, 0.717) is 6.04 Å². The number of tetrazole rings is 1. The Kier molecular flexibility index (Phi) is 5.03. The van der Waals surface area contributed by atoms with Gasteiger partial charge in [0.05, 0.1) is 19.3 Å². The highest BCUT2D eigenvalue weighted by Crippen LogP contribution is 2.31. The number of aryl methyl sites for hydroxylation is 1. The van der Waals surface area contributed by atoms with Crippen molar-refractivity contribution in [3.05, 3.63) is 41.7 Å². The van der Waals surface area contributed by atoms with Gasteiger partial charge >= 0.3 is 0 Å². The summed E-state index contributed by atoms with van der Waals surface area (Å²) in [5.74, 6) is 0.930. The molecule has 0 amide bonds. The molecule has 2 aromatic rings. The van der Waals surface area contributed by atoms with Crippen molar-refractivity contribution in [2.75, 3.05) is 6.61 Å². The first-order valence-electron chi connectivity index (χ1n) is 8.38. The molecule has 3 atom stereocenters. The molecule has 6 heteroatoms. The molecule has 0 unspecified atom stereocenters. The van der Waals surface area contributed by atoms with E-state index in [4.69, 9.17) is 4.74 Å². The Labute approximate surface area is 137 Å². The average molecular weight is 315 g/mol. The summed E-state index contributed by atoms with van der Waals surface area (Å²) in [6, 6.07) is 11.1. The van der Waals surface area contributed by atoms with Crippen LogP contribution < -0.4 is 0 Å². The topological polar surface area (TPSA) is 56.1 Å². The fourth-order valence-corrected chi connectivity index (χ4v) is 3.26. The molecule has 2 heterocycles. The van der Waals surface area contributed by atoms with Crippen molar-refractivity contribution in [1.82, 2.24) is 25.1 Å². The van der Waals surface area contributed by atoms with Gasteiger partial charge in [0.15, 0.2) is 5.82 Å². The van der Waals surface area contributed by atoms with Gasteiger partial charge in [-0.2, -0.15) is 0 Å². The monoisotopic (exact) mass is 315 g/mol. The molecule has 1 aromatic carbocycles. The summed E-state index contributed by atoms with van der Waals surface area (Å²) >= 11 is 0. The molecule has 0 saturated carbocycles. The summed E-state index contributed by atoms with van der Waals surface area (Å²) in [7, 11) is 0. The Morgan fingerprint density at radius 3 is 2.74 bits per heavy atom. The fourth-order valence-electron chi connectivity index (χ4n) is 3.26. The second-order valence-corrected chi connectivity index (χ2v) is 6.24. The maximum atomic E-state index is 6.12. The molecule has 1 aliphatic rings. The molecule has 6 nitrogen and oxygen atoms in total. The van der Waals surface area contributed by atoms with Gasteiger partial charge in [-0.3, -0.25) is 4.90 Å². The highest BCUT2D eigenvalue weighted by molar-refractivity contribution is 5.19. The number of hydrogen-bond acceptors (Lipinski definition) is 5. The van der Waals surface area contributed by atoms with Gasteiger partial charge < -0.3 is 4.74 Å². The molecule has 124 valence electrons. The number of rotatable bonds is 5. The Bertz CT molecular complexity index is 614. The smallest absolute Gasteiger partial charge is 0.165 e. The molecule has 0 bridgehead atoms. The minimum Gasteiger partial charge on any atom is -0.370 e. The van der Waals surface area contributed by atoms with E-state index in [0.717, 1.165) is 31.9 Å². The summed E-state index contributed by atoms with van der Waals surface area (Å²) in [6.07, 6.45) is 1.11. The number of benzene rings is 1. The lowest BCUT2D eigenvalue weighted by Crippen LogP contribution is -2.50. The predicted molar refractivity (Wildman–Crippen MR) is 87.7 cm³/mol. The highest BCUT2D eigenvalue weighted by Gasteiger charge is 2.34. The zero-order valence-electron chi connectivity index (χ0n) is 14.1. The summed E-state index contributed by atoms with van der Waals surface area (Å²) in [5.41, 5.74) is 1.23. The number of ether oxygens (including phenoxy) is 1. The van der Waals surface area contributed by atoms with Crippen molar-refractivity contribution < 1.29 is 4.74 Å². The highest BCUT2D eigenvalue weighted by atomic mass is 16.5. The van der Waals surface area contributed by atoms with Gasteiger partial charge in [0.1, 0.15) is 0 Å². The molecular formula is C17H25N5O. The predicted octanol–water partition coefficient (Wildman–Crippen LogP) is 2.43. The van der Waals surface area contributed by atoms with Crippen LogP contribution in [0, 0.1) is 0 Å². The second kappa shape index (κ2) is 7.19. The molecule has 3 rings (SSSR count). The van der Waals surface area contributed by atoms with Crippen LogP contribution in [-0.4, -0.2) is 43.8 Å². The van der Waals surface area contributed by atoms with Crippen LogP contribution in [0.15, 0.2) is 30.3 Å². The van der Waals surface area contributed by atoms with Crippen LogP contribution in [0.2, 0.25) is 0 Å². The van der Waals surface area contributed by atoms with E-state index in [1.165, 1.54) is 5.56 Å². The van der Waals surface area contributed by atoms with Crippen LogP contribution in [-0.2, 0) is 17.8 Å². The average Bonchev–Trinajstić information content (AvgIpc) is 3.00. The largest absolute Gasteiger partial charge is 0.370 e. The standard InChI is InChI=1S/C17H25N5O/c1-4-10-22-16(18-19-20-22)11-21-13(2)12-23-17(14(21)3)15-8-6-5-7-9-15/h5-9,13-14,17H,4,10-12H2,1-3H3/t13-,14-,17-/m1/s1. The van der Waals surface area contributed by atoms with E-state index < -0.39 is 0 Å².